The summed E-state index contributed by atoms with van der Waals surface area (Å²) < 4.78 is 27.7. The average Bonchev–Trinajstić information content (AvgIpc) is 1.97. The number of rotatable bonds is 0. The van der Waals surface area contributed by atoms with Gasteiger partial charge in [0.25, 0.3) is 5.92 Å². The van der Waals surface area contributed by atoms with Crippen LogP contribution in [-0.4, -0.2) is 29.5 Å². The second-order valence-corrected chi connectivity index (χ2v) is 6.22. The lowest BCUT2D eigenvalue weighted by Crippen LogP contribution is -2.69. The monoisotopic (exact) mass is 217 g/mol. The Kier molecular flexibility index (Phi) is 2.38. The third kappa shape index (κ3) is 1.69. The normalized spacial score (nSPS) is 30.2. The van der Waals surface area contributed by atoms with Crippen molar-refractivity contribution in [3.05, 3.63) is 0 Å². The van der Waals surface area contributed by atoms with Gasteiger partial charge >= 0.3 is 0 Å². The number of hydrogen-bond donors (Lipinski definition) is 0. The van der Waals surface area contributed by atoms with Crippen molar-refractivity contribution < 1.29 is 8.78 Å². The smallest absolute Gasteiger partial charge is 0.256 e. The van der Waals surface area contributed by atoms with E-state index >= 15 is 0 Å². The fourth-order valence-corrected chi connectivity index (χ4v) is 2.81. The lowest BCUT2D eigenvalue weighted by molar-refractivity contribution is -0.227. The molecule has 1 heterocycles. The highest BCUT2D eigenvalue weighted by Crippen LogP contribution is 2.54. The molecule has 0 radical (unpaired) electrons. The van der Waals surface area contributed by atoms with Crippen molar-refractivity contribution in [2.45, 2.75) is 57.9 Å². The summed E-state index contributed by atoms with van der Waals surface area (Å²) in [6.07, 6.45) is 2.50. The second kappa shape index (κ2) is 3.16. The molecule has 0 aromatic carbocycles. The van der Waals surface area contributed by atoms with Gasteiger partial charge in [0, 0.05) is 25.0 Å². The molecule has 0 aromatic heterocycles. The van der Waals surface area contributed by atoms with Gasteiger partial charge in [0.05, 0.1) is 5.41 Å². The zero-order valence-corrected chi connectivity index (χ0v) is 9.95. The molecule has 88 valence electrons. The molecule has 1 aliphatic carbocycles. The number of nitrogens with zero attached hydrogens (tertiary/aromatic N) is 1. The van der Waals surface area contributed by atoms with Gasteiger partial charge in [-0.3, -0.25) is 4.90 Å². The molecule has 0 bridgehead atoms. The molecule has 1 saturated heterocycles. The van der Waals surface area contributed by atoms with E-state index in [0.717, 1.165) is 6.42 Å². The van der Waals surface area contributed by atoms with E-state index in [4.69, 9.17) is 0 Å². The summed E-state index contributed by atoms with van der Waals surface area (Å²) in [5.74, 6) is -2.42. The number of alkyl halides is 2. The summed E-state index contributed by atoms with van der Waals surface area (Å²) in [5, 5.41) is 0. The Morgan fingerprint density at radius 2 is 1.53 bits per heavy atom. The van der Waals surface area contributed by atoms with Crippen LogP contribution in [0.1, 0.15) is 46.5 Å². The molecule has 1 aliphatic heterocycles. The van der Waals surface area contributed by atoms with Gasteiger partial charge in [0.2, 0.25) is 0 Å². The minimum atomic E-state index is -2.42. The zero-order valence-electron chi connectivity index (χ0n) is 9.95. The molecule has 0 aromatic rings. The van der Waals surface area contributed by atoms with E-state index in [2.05, 4.69) is 25.7 Å². The maximum atomic E-state index is 13.8. The van der Waals surface area contributed by atoms with Crippen molar-refractivity contribution in [1.82, 2.24) is 4.90 Å². The second-order valence-electron chi connectivity index (χ2n) is 6.22. The molecule has 0 N–H and O–H groups in total. The zero-order chi connectivity index (χ0) is 11.3. The van der Waals surface area contributed by atoms with Gasteiger partial charge in [0.15, 0.2) is 0 Å². The summed E-state index contributed by atoms with van der Waals surface area (Å²) in [7, 11) is 0. The van der Waals surface area contributed by atoms with E-state index in [9.17, 15) is 8.78 Å². The van der Waals surface area contributed by atoms with Crippen molar-refractivity contribution in [3.63, 3.8) is 0 Å². The van der Waals surface area contributed by atoms with Crippen LogP contribution >= 0.6 is 0 Å². The van der Waals surface area contributed by atoms with E-state index in [1.807, 2.05) is 0 Å². The van der Waals surface area contributed by atoms with E-state index in [0.29, 0.717) is 25.9 Å². The Morgan fingerprint density at radius 1 is 1.00 bits per heavy atom. The molecule has 0 amide bonds. The van der Waals surface area contributed by atoms with Gasteiger partial charge in [0.1, 0.15) is 0 Å². The Morgan fingerprint density at radius 3 is 2.00 bits per heavy atom. The van der Waals surface area contributed by atoms with Crippen LogP contribution in [0.5, 0.6) is 0 Å². The Hall–Kier alpha value is -0.180. The summed E-state index contributed by atoms with van der Waals surface area (Å²) in [6, 6.07) is 0. The maximum absolute atomic E-state index is 13.8. The number of hydrogen-bond acceptors (Lipinski definition) is 1. The van der Waals surface area contributed by atoms with Crippen LogP contribution in [0.2, 0.25) is 0 Å². The lowest BCUT2D eigenvalue weighted by atomic mass is 9.64. The summed E-state index contributed by atoms with van der Waals surface area (Å²) >= 11 is 0. The molecular weight excluding hydrogens is 196 g/mol. The highest BCUT2D eigenvalue weighted by molar-refractivity contribution is 5.08. The van der Waals surface area contributed by atoms with Crippen LogP contribution < -0.4 is 0 Å². The van der Waals surface area contributed by atoms with Crippen molar-refractivity contribution in [1.29, 1.82) is 0 Å². The first-order valence-electron chi connectivity index (χ1n) is 5.90. The van der Waals surface area contributed by atoms with Crippen LogP contribution in [0.4, 0.5) is 8.78 Å². The van der Waals surface area contributed by atoms with Crippen LogP contribution in [0.3, 0.4) is 0 Å². The molecule has 15 heavy (non-hydrogen) atoms. The largest absolute Gasteiger partial charge is 0.297 e. The predicted molar refractivity (Wildman–Crippen MR) is 57.2 cm³/mol. The third-order valence-electron chi connectivity index (χ3n) is 4.11. The first-order valence-corrected chi connectivity index (χ1v) is 5.90. The van der Waals surface area contributed by atoms with Gasteiger partial charge < -0.3 is 0 Å². The minimum Gasteiger partial charge on any atom is -0.297 e. The fraction of sp³-hybridized carbons (Fsp3) is 1.00. The van der Waals surface area contributed by atoms with Crippen molar-refractivity contribution >= 4 is 0 Å². The Bertz CT molecular complexity index is 249. The summed E-state index contributed by atoms with van der Waals surface area (Å²) in [6.45, 7) is 7.47. The van der Waals surface area contributed by atoms with E-state index < -0.39 is 11.3 Å². The molecule has 2 fully saturated rings. The Labute approximate surface area is 90.8 Å². The van der Waals surface area contributed by atoms with Gasteiger partial charge in [-0.15, -0.1) is 0 Å². The molecule has 3 heteroatoms. The van der Waals surface area contributed by atoms with Gasteiger partial charge in [-0.1, -0.05) is 6.42 Å². The first-order chi connectivity index (χ1) is 6.77. The van der Waals surface area contributed by atoms with Crippen LogP contribution in [0, 0.1) is 5.41 Å². The molecule has 2 aliphatic rings. The van der Waals surface area contributed by atoms with Crippen molar-refractivity contribution in [3.8, 4) is 0 Å². The molecule has 1 nitrogen and oxygen atoms in total. The van der Waals surface area contributed by atoms with Crippen molar-refractivity contribution in [2.24, 2.45) is 5.41 Å². The number of likely N-dealkylation sites (tertiary alicyclic amines) is 1. The summed E-state index contributed by atoms with van der Waals surface area (Å²) in [5.41, 5.74) is -0.642. The quantitative estimate of drug-likeness (QED) is 0.602. The van der Waals surface area contributed by atoms with Crippen LogP contribution in [-0.2, 0) is 0 Å². The van der Waals surface area contributed by atoms with E-state index in [1.54, 1.807) is 0 Å². The van der Waals surface area contributed by atoms with E-state index in [-0.39, 0.29) is 12.0 Å². The van der Waals surface area contributed by atoms with E-state index in [1.165, 1.54) is 0 Å². The SMILES string of the molecule is CC(C)(C)N1CC2(CCCCC2(F)F)C1. The average molecular weight is 217 g/mol. The van der Waals surface area contributed by atoms with Crippen molar-refractivity contribution in [2.75, 3.05) is 13.1 Å². The number of halogens is 2. The van der Waals surface area contributed by atoms with Gasteiger partial charge in [-0.2, -0.15) is 0 Å². The molecule has 2 rings (SSSR count). The molecule has 1 saturated carbocycles. The first kappa shape index (κ1) is 11.3. The summed E-state index contributed by atoms with van der Waals surface area (Å²) in [4.78, 5) is 2.17. The molecule has 1 spiro atoms. The van der Waals surface area contributed by atoms with Crippen LogP contribution in [0.15, 0.2) is 0 Å². The van der Waals surface area contributed by atoms with Gasteiger partial charge in [-0.05, 0) is 33.6 Å². The maximum Gasteiger partial charge on any atom is 0.256 e. The standard InChI is InChI=1S/C12H21F2N/c1-10(2,3)15-8-11(9-15)6-4-5-7-12(11,13)14/h4-9H2,1-3H3. The molecule has 0 atom stereocenters. The topological polar surface area (TPSA) is 3.24 Å². The van der Waals surface area contributed by atoms with Crippen LogP contribution in [0.25, 0.3) is 0 Å². The molecule has 0 unspecified atom stereocenters. The third-order valence-corrected chi connectivity index (χ3v) is 4.11. The predicted octanol–water partition coefficient (Wildman–Crippen LogP) is 3.30. The minimum absolute atomic E-state index is 0.0405. The highest BCUT2D eigenvalue weighted by atomic mass is 19.3. The highest BCUT2D eigenvalue weighted by Gasteiger charge is 2.61. The fourth-order valence-electron chi connectivity index (χ4n) is 2.81. The van der Waals surface area contributed by atoms with Gasteiger partial charge in [-0.25, -0.2) is 8.78 Å². The Balaban J connectivity index is 2.06. The molecular formula is C12H21F2N. The lowest BCUT2D eigenvalue weighted by Gasteiger charge is -2.59.